The Labute approximate surface area is 93.2 Å². The van der Waals surface area contributed by atoms with E-state index >= 15 is 0 Å². The van der Waals surface area contributed by atoms with Gasteiger partial charge in [-0.15, -0.1) is 10.2 Å². The lowest BCUT2D eigenvalue weighted by Gasteiger charge is -2.25. The molecule has 0 bridgehead atoms. The van der Waals surface area contributed by atoms with E-state index in [1.165, 1.54) is 0 Å². The molecular formula is C9H16N6O. The molecule has 1 amide bonds. The predicted octanol–water partition coefficient (Wildman–Crippen LogP) is -0.667. The third kappa shape index (κ3) is 2.75. The number of aromatic amines is 1. The van der Waals surface area contributed by atoms with Crippen LogP contribution in [0.4, 0.5) is 0 Å². The van der Waals surface area contributed by atoms with Gasteiger partial charge in [-0.05, 0) is 19.3 Å². The molecule has 0 spiro atoms. The van der Waals surface area contributed by atoms with E-state index in [-0.39, 0.29) is 17.9 Å². The molecule has 1 aromatic rings. The smallest absolute Gasteiger partial charge is 0.223 e. The normalized spacial score (nSPS) is 25.3. The van der Waals surface area contributed by atoms with Crippen LogP contribution in [0.15, 0.2) is 0 Å². The van der Waals surface area contributed by atoms with Crippen LogP contribution < -0.4 is 11.1 Å². The van der Waals surface area contributed by atoms with Gasteiger partial charge in [0, 0.05) is 12.0 Å². The van der Waals surface area contributed by atoms with Crippen molar-refractivity contribution in [1.82, 2.24) is 25.9 Å². The minimum absolute atomic E-state index is 0.0376. The molecule has 88 valence electrons. The van der Waals surface area contributed by atoms with E-state index in [9.17, 15) is 4.79 Å². The first-order valence-electron chi connectivity index (χ1n) is 5.51. The lowest BCUT2D eigenvalue weighted by molar-refractivity contribution is -0.126. The van der Waals surface area contributed by atoms with Crippen LogP contribution in [-0.2, 0) is 11.3 Å². The monoisotopic (exact) mass is 224 g/mol. The van der Waals surface area contributed by atoms with Crippen LogP contribution in [0.1, 0.15) is 31.5 Å². The standard InChI is InChI=1S/C9H16N6O/c10-7-3-1-2-6(4-7)9(16)11-5-8-12-14-15-13-8/h6-7H,1-5,10H2,(H,11,16)(H,12,13,14,15). The Morgan fingerprint density at radius 3 is 3.12 bits per heavy atom. The molecule has 0 aromatic carbocycles. The Kier molecular flexibility index (Phi) is 3.45. The highest BCUT2D eigenvalue weighted by molar-refractivity contribution is 5.78. The van der Waals surface area contributed by atoms with Crippen LogP contribution in [0, 0.1) is 5.92 Å². The predicted molar refractivity (Wildman–Crippen MR) is 56.0 cm³/mol. The van der Waals surface area contributed by atoms with Gasteiger partial charge in [0.25, 0.3) is 0 Å². The maximum atomic E-state index is 11.8. The molecule has 1 heterocycles. The molecule has 2 unspecified atom stereocenters. The number of nitrogens with zero attached hydrogens (tertiary/aromatic N) is 3. The van der Waals surface area contributed by atoms with Crippen molar-refractivity contribution in [3.63, 3.8) is 0 Å². The average molecular weight is 224 g/mol. The van der Waals surface area contributed by atoms with Gasteiger partial charge in [-0.1, -0.05) is 11.6 Å². The molecule has 4 N–H and O–H groups in total. The van der Waals surface area contributed by atoms with Crippen molar-refractivity contribution in [2.45, 2.75) is 38.3 Å². The Hall–Kier alpha value is -1.50. The minimum atomic E-state index is 0.0376. The van der Waals surface area contributed by atoms with Crippen LogP contribution in [0.2, 0.25) is 0 Å². The van der Waals surface area contributed by atoms with Crippen LogP contribution in [0.25, 0.3) is 0 Å². The van der Waals surface area contributed by atoms with E-state index in [0.717, 1.165) is 25.7 Å². The maximum absolute atomic E-state index is 11.8. The summed E-state index contributed by atoms with van der Waals surface area (Å²) in [7, 11) is 0. The fraction of sp³-hybridized carbons (Fsp3) is 0.778. The van der Waals surface area contributed by atoms with Crippen LogP contribution >= 0.6 is 0 Å². The first kappa shape index (κ1) is 11.0. The molecule has 2 rings (SSSR count). The highest BCUT2D eigenvalue weighted by Gasteiger charge is 2.25. The lowest BCUT2D eigenvalue weighted by Crippen LogP contribution is -2.37. The zero-order chi connectivity index (χ0) is 11.4. The van der Waals surface area contributed by atoms with Crippen molar-refractivity contribution in [2.24, 2.45) is 11.7 Å². The van der Waals surface area contributed by atoms with Crippen molar-refractivity contribution in [3.05, 3.63) is 5.82 Å². The summed E-state index contributed by atoms with van der Waals surface area (Å²) in [6.07, 6.45) is 3.75. The van der Waals surface area contributed by atoms with Gasteiger partial charge < -0.3 is 11.1 Å². The number of nitrogens with one attached hydrogen (secondary N) is 2. The lowest BCUT2D eigenvalue weighted by atomic mass is 9.85. The third-order valence-corrected chi connectivity index (χ3v) is 2.90. The fourth-order valence-corrected chi connectivity index (χ4v) is 2.03. The van der Waals surface area contributed by atoms with Crippen molar-refractivity contribution in [1.29, 1.82) is 0 Å². The van der Waals surface area contributed by atoms with Gasteiger partial charge in [0.05, 0.1) is 6.54 Å². The van der Waals surface area contributed by atoms with E-state index in [0.29, 0.717) is 12.4 Å². The molecule has 2 atom stereocenters. The van der Waals surface area contributed by atoms with Gasteiger partial charge in [0.15, 0.2) is 5.82 Å². The Morgan fingerprint density at radius 2 is 2.44 bits per heavy atom. The number of nitrogens with two attached hydrogens (primary N) is 1. The van der Waals surface area contributed by atoms with E-state index < -0.39 is 0 Å². The summed E-state index contributed by atoms with van der Waals surface area (Å²) in [6, 6.07) is 0.162. The molecule has 0 aliphatic heterocycles. The van der Waals surface area contributed by atoms with Crippen molar-refractivity contribution < 1.29 is 4.79 Å². The van der Waals surface area contributed by atoms with E-state index in [1.807, 2.05) is 0 Å². The van der Waals surface area contributed by atoms with Crippen LogP contribution in [0.3, 0.4) is 0 Å². The highest BCUT2D eigenvalue weighted by atomic mass is 16.1. The second kappa shape index (κ2) is 5.02. The molecule has 0 radical (unpaired) electrons. The summed E-state index contributed by atoms with van der Waals surface area (Å²) in [4.78, 5) is 11.8. The highest BCUT2D eigenvalue weighted by Crippen LogP contribution is 2.23. The number of carbonyl (C=O) groups excluding carboxylic acids is 1. The second-order valence-corrected chi connectivity index (χ2v) is 4.17. The minimum Gasteiger partial charge on any atom is -0.348 e. The van der Waals surface area contributed by atoms with Crippen molar-refractivity contribution in [3.8, 4) is 0 Å². The van der Waals surface area contributed by atoms with Crippen LogP contribution in [0.5, 0.6) is 0 Å². The first-order valence-corrected chi connectivity index (χ1v) is 5.51. The van der Waals surface area contributed by atoms with E-state index in [4.69, 9.17) is 5.73 Å². The number of H-pyrrole nitrogens is 1. The van der Waals surface area contributed by atoms with E-state index in [1.54, 1.807) is 0 Å². The Bertz CT molecular complexity index is 338. The molecule has 0 saturated heterocycles. The SMILES string of the molecule is NC1CCCC(C(=O)NCc2nn[nH]n2)C1. The quantitative estimate of drug-likeness (QED) is 0.631. The van der Waals surface area contributed by atoms with Gasteiger partial charge in [-0.3, -0.25) is 4.79 Å². The zero-order valence-corrected chi connectivity index (χ0v) is 9.02. The molecule has 16 heavy (non-hydrogen) atoms. The molecular weight excluding hydrogens is 208 g/mol. The molecule has 1 aliphatic rings. The summed E-state index contributed by atoms with van der Waals surface area (Å²) in [5.74, 6) is 0.573. The molecule has 1 aliphatic carbocycles. The van der Waals surface area contributed by atoms with Gasteiger partial charge in [-0.25, -0.2) is 0 Å². The van der Waals surface area contributed by atoms with Gasteiger partial charge >= 0.3 is 0 Å². The zero-order valence-electron chi connectivity index (χ0n) is 9.02. The fourth-order valence-electron chi connectivity index (χ4n) is 2.03. The summed E-state index contributed by atoms with van der Waals surface area (Å²) < 4.78 is 0. The third-order valence-electron chi connectivity index (χ3n) is 2.90. The summed E-state index contributed by atoms with van der Waals surface area (Å²) in [5, 5.41) is 16.1. The summed E-state index contributed by atoms with van der Waals surface area (Å²) in [5.41, 5.74) is 5.83. The molecule has 7 nitrogen and oxygen atoms in total. The summed E-state index contributed by atoms with van der Waals surface area (Å²) >= 11 is 0. The Balaban J connectivity index is 1.79. The molecule has 1 aromatic heterocycles. The van der Waals surface area contributed by atoms with Gasteiger partial charge in [0.2, 0.25) is 5.91 Å². The van der Waals surface area contributed by atoms with Crippen molar-refractivity contribution >= 4 is 5.91 Å². The number of hydrogen-bond donors (Lipinski definition) is 3. The van der Waals surface area contributed by atoms with E-state index in [2.05, 4.69) is 25.9 Å². The molecule has 1 fully saturated rings. The molecule has 1 saturated carbocycles. The number of amides is 1. The number of hydrogen-bond acceptors (Lipinski definition) is 5. The topological polar surface area (TPSA) is 110 Å². The largest absolute Gasteiger partial charge is 0.348 e. The summed E-state index contributed by atoms with van der Waals surface area (Å²) in [6.45, 7) is 0.321. The number of carbonyl (C=O) groups is 1. The second-order valence-electron chi connectivity index (χ2n) is 4.17. The number of tetrazole rings is 1. The first-order chi connectivity index (χ1) is 7.75. The Morgan fingerprint density at radius 1 is 1.56 bits per heavy atom. The van der Waals surface area contributed by atoms with Crippen LogP contribution in [-0.4, -0.2) is 32.6 Å². The van der Waals surface area contributed by atoms with Gasteiger partial charge in [0.1, 0.15) is 0 Å². The number of aromatic nitrogens is 4. The molecule has 7 heteroatoms. The van der Waals surface area contributed by atoms with Crippen molar-refractivity contribution in [2.75, 3.05) is 0 Å². The maximum Gasteiger partial charge on any atom is 0.223 e. The average Bonchev–Trinajstić information content (AvgIpc) is 2.78. The number of rotatable bonds is 3. The van der Waals surface area contributed by atoms with Gasteiger partial charge in [-0.2, -0.15) is 5.21 Å².